The Morgan fingerprint density at radius 3 is 1.60 bits per heavy atom. The Bertz CT molecular complexity index is 185. The van der Waals surface area contributed by atoms with Crippen LogP contribution in [0.15, 0.2) is 23.3 Å². The van der Waals surface area contributed by atoms with Crippen molar-refractivity contribution in [3.05, 3.63) is 23.3 Å². The molecule has 0 aromatic heterocycles. The smallest absolute Gasteiger partial charge is 0.0253 e. The van der Waals surface area contributed by atoms with E-state index in [0.29, 0.717) is 0 Å². The predicted molar refractivity (Wildman–Crippen MR) is 80.6 cm³/mol. The second-order valence-corrected chi connectivity index (χ2v) is 7.74. The van der Waals surface area contributed by atoms with Crippen molar-refractivity contribution >= 4 is 31.4 Å². The third-order valence-corrected chi connectivity index (χ3v) is 6.13. The topological polar surface area (TPSA) is 0 Å². The summed E-state index contributed by atoms with van der Waals surface area (Å²) >= 11 is 0. The van der Waals surface area contributed by atoms with E-state index in [1.54, 1.807) is 0 Å². The highest BCUT2D eigenvalue weighted by atomic mass is 33.5. The standard InChI is InChI=1S/C12H22S3/c1-5-7-11(3)9-13-15-14-10-12(4)8-6-2/h7-8H,5-6,9-10H2,1-4H3/b11-7+,12-8+. The van der Waals surface area contributed by atoms with Crippen LogP contribution < -0.4 is 0 Å². The molecule has 0 aromatic rings. The highest BCUT2D eigenvalue weighted by Gasteiger charge is 1.94. The van der Waals surface area contributed by atoms with Gasteiger partial charge in [-0.25, -0.2) is 0 Å². The number of hydrogen-bond donors (Lipinski definition) is 0. The van der Waals surface area contributed by atoms with E-state index in [0.717, 1.165) is 24.3 Å². The van der Waals surface area contributed by atoms with Crippen molar-refractivity contribution in [2.75, 3.05) is 11.5 Å². The van der Waals surface area contributed by atoms with Gasteiger partial charge in [0.15, 0.2) is 0 Å². The van der Waals surface area contributed by atoms with Gasteiger partial charge in [0, 0.05) is 11.5 Å². The Balaban J connectivity index is 3.40. The Morgan fingerprint density at radius 1 is 0.867 bits per heavy atom. The van der Waals surface area contributed by atoms with Gasteiger partial charge in [-0.3, -0.25) is 0 Å². The lowest BCUT2D eigenvalue weighted by Gasteiger charge is -2.01. The Kier molecular flexibility index (Phi) is 11.4. The molecule has 0 amide bonds. The molecule has 88 valence electrons. The first-order valence-corrected chi connectivity index (χ1v) is 9.25. The third kappa shape index (κ3) is 10.8. The normalized spacial score (nSPS) is 13.3. The molecule has 0 bridgehead atoms. The molecular weight excluding hydrogens is 240 g/mol. The Labute approximate surface area is 107 Å². The van der Waals surface area contributed by atoms with Crippen molar-refractivity contribution in [1.82, 2.24) is 0 Å². The van der Waals surface area contributed by atoms with Crippen LogP contribution in [0, 0.1) is 0 Å². The molecule has 0 nitrogen and oxygen atoms in total. The average Bonchev–Trinajstić information content (AvgIpc) is 2.18. The molecule has 15 heavy (non-hydrogen) atoms. The van der Waals surface area contributed by atoms with Crippen LogP contribution in [0.4, 0.5) is 0 Å². The number of allylic oxidation sites excluding steroid dienone is 2. The maximum Gasteiger partial charge on any atom is 0.0253 e. The molecular formula is C12H22S3. The minimum atomic E-state index is 1.15. The van der Waals surface area contributed by atoms with Gasteiger partial charge in [-0.2, -0.15) is 0 Å². The van der Waals surface area contributed by atoms with Gasteiger partial charge in [0.2, 0.25) is 0 Å². The van der Waals surface area contributed by atoms with E-state index >= 15 is 0 Å². The maximum absolute atomic E-state index is 2.31. The van der Waals surface area contributed by atoms with E-state index in [4.69, 9.17) is 0 Å². The summed E-state index contributed by atoms with van der Waals surface area (Å²) in [6.45, 7) is 8.80. The summed E-state index contributed by atoms with van der Waals surface area (Å²) in [6.07, 6.45) is 6.92. The van der Waals surface area contributed by atoms with Crippen LogP contribution in [-0.2, 0) is 0 Å². The SMILES string of the molecule is CC/C=C(\C)CSSSC/C(C)=C/CC. The van der Waals surface area contributed by atoms with Crippen molar-refractivity contribution in [3.8, 4) is 0 Å². The third-order valence-electron chi connectivity index (χ3n) is 1.77. The summed E-state index contributed by atoms with van der Waals surface area (Å²) in [5.41, 5.74) is 2.99. The molecule has 0 atom stereocenters. The van der Waals surface area contributed by atoms with E-state index in [1.807, 2.05) is 31.4 Å². The molecule has 0 saturated heterocycles. The zero-order chi connectivity index (χ0) is 11.5. The number of hydrogen-bond acceptors (Lipinski definition) is 3. The van der Waals surface area contributed by atoms with E-state index in [9.17, 15) is 0 Å². The molecule has 0 unspecified atom stereocenters. The fourth-order valence-electron chi connectivity index (χ4n) is 1.08. The quantitative estimate of drug-likeness (QED) is 0.311. The van der Waals surface area contributed by atoms with E-state index in [2.05, 4.69) is 39.8 Å². The van der Waals surface area contributed by atoms with Crippen molar-refractivity contribution in [3.63, 3.8) is 0 Å². The molecule has 0 saturated carbocycles. The Hall–Kier alpha value is 0.530. The minimum absolute atomic E-state index is 1.15. The molecule has 0 spiro atoms. The average molecular weight is 263 g/mol. The van der Waals surface area contributed by atoms with Crippen molar-refractivity contribution < 1.29 is 0 Å². The van der Waals surface area contributed by atoms with Crippen LogP contribution in [-0.4, -0.2) is 11.5 Å². The molecule has 3 heteroatoms. The van der Waals surface area contributed by atoms with Crippen LogP contribution in [0.2, 0.25) is 0 Å². The first kappa shape index (κ1) is 15.5. The fourth-order valence-corrected chi connectivity index (χ4v) is 4.94. The summed E-state index contributed by atoms with van der Waals surface area (Å²) in [7, 11) is 5.80. The molecule has 0 aliphatic carbocycles. The molecule has 0 N–H and O–H groups in total. The molecule has 0 fully saturated rings. The predicted octanol–water partition coefficient (Wildman–Crippen LogP) is 5.73. The minimum Gasteiger partial charge on any atom is -0.0850 e. The molecule has 0 heterocycles. The van der Waals surface area contributed by atoms with Crippen LogP contribution >= 0.6 is 31.4 Å². The summed E-state index contributed by atoms with van der Waals surface area (Å²) in [5.74, 6) is 2.31. The molecule has 0 radical (unpaired) electrons. The summed E-state index contributed by atoms with van der Waals surface area (Å²) in [4.78, 5) is 0. The highest BCUT2D eigenvalue weighted by Crippen LogP contribution is 2.36. The van der Waals surface area contributed by atoms with Crippen molar-refractivity contribution in [2.24, 2.45) is 0 Å². The largest absolute Gasteiger partial charge is 0.0850 e. The molecule has 0 aliphatic heterocycles. The molecule has 0 aliphatic rings. The Morgan fingerprint density at radius 2 is 1.27 bits per heavy atom. The van der Waals surface area contributed by atoms with E-state index < -0.39 is 0 Å². The summed E-state index contributed by atoms with van der Waals surface area (Å²) < 4.78 is 0. The zero-order valence-corrected chi connectivity index (χ0v) is 12.7. The maximum atomic E-state index is 2.31. The monoisotopic (exact) mass is 262 g/mol. The molecule has 0 rings (SSSR count). The van der Waals surface area contributed by atoms with Crippen molar-refractivity contribution in [1.29, 1.82) is 0 Å². The van der Waals surface area contributed by atoms with E-state index in [-0.39, 0.29) is 0 Å². The number of rotatable bonds is 8. The van der Waals surface area contributed by atoms with Gasteiger partial charge in [0.1, 0.15) is 0 Å². The second-order valence-electron chi connectivity index (χ2n) is 3.51. The highest BCUT2D eigenvalue weighted by molar-refractivity contribution is 9.09. The summed E-state index contributed by atoms with van der Waals surface area (Å²) in [5, 5.41) is 0. The van der Waals surface area contributed by atoms with Crippen LogP contribution in [0.1, 0.15) is 40.5 Å². The summed E-state index contributed by atoms with van der Waals surface area (Å²) in [6, 6.07) is 0. The lowest BCUT2D eigenvalue weighted by atomic mass is 10.3. The second kappa shape index (κ2) is 11.0. The zero-order valence-electron chi connectivity index (χ0n) is 10.2. The van der Waals surface area contributed by atoms with Gasteiger partial charge in [0.25, 0.3) is 0 Å². The lowest BCUT2D eigenvalue weighted by Crippen LogP contribution is -1.79. The first-order valence-electron chi connectivity index (χ1n) is 5.43. The van der Waals surface area contributed by atoms with E-state index in [1.165, 1.54) is 11.1 Å². The molecule has 0 aromatic carbocycles. The lowest BCUT2D eigenvalue weighted by molar-refractivity contribution is 1.18. The first-order chi connectivity index (χ1) is 7.20. The van der Waals surface area contributed by atoms with Gasteiger partial charge >= 0.3 is 0 Å². The van der Waals surface area contributed by atoms with Gasteiger partial charge in [-0.15, -0.1) is 0 Å². The van der Waals surface area contributed by atoms with Gasteiger partial charge in [0.05, 0.1) is 0 Å². The van der Waals surface area contributed by atoms with Crippen LogP contribution in [0.3, 0.4) is 0 Å². The van der Waals surface area contributed by atoms with Gasteiger partial charge < -0.3 is 0 Å². The van der Waals surface area contributed by atoms with Crippen LogP contribution in [0.5, 0.6) is 0 Å². The fraction of sp³-hybridized carbons (Fsp3) is 0.667. The van der Waals surface area contributed by atoms with Gasteiger partial charge in [-0.1, -0.05) is 58.7 Å². The van der Waals surface area contributed by atoms with Crippen molar-refractivity contribution in [2.45, 2.75) is 40.5 Å². The van der Waals surface area contributed by atoms with Gasteiger partial charge in [-0.05, 0) is 36.5 Å². The van der Waals surface area contributed by atoms with Crippen LogP contribution in [0.25, 0.3) is 0 Å².